The summed E-state index contributed by atoms with van der Waals surface area (Å²) in [6, 6.07) is 8.26. The first-order chi connectivity index (χ1) is 10.5. The number of fused-ring (bicyclic) bond motifs is 1. The summed E-state index contributed by atoms with van der Waals surface area (Å²) in [7, 11) is 4.03. The number of rotatable bonds is 3. The minimum Gasteiger partial charge on any atom is -0.378 e. The Balaban J connectivity index is 2.02. The first-order valence-corrected chi connectivity index (χ1v) is 7.58. The number of anilines is 1. The fourth-order valence-corrected chi connectivity index (χ4v) is 2.87. The van der Waals surface area contributed by atoms with Crippen LogP contribution >= 0.6 is 0 Å². The van der Waals surface area contributed by atoms with Gasteiger partial charge in [0.1, 0.15) is 0 Å². The van der Waals surface area contributed by atoms with Crippen LogP contribution in [0.3, 0.4) is 0 Å². The Kier molecular flexibility index (Phi) is 3.80. The van der Waals surface area contributed by atoms with Gasteiger partial charge in [-0.3, -0.25) is 10.1 Å². The monoisotopic (exact) mass is 301 g/mol. The van der Waals surface area contributed by atoms with E-state index >= 15 is 0 Å². The molecule has 6 heteroatoms. The van der Waals surface area contributed by atoms with E-state index < -0.39 is 0 Å². The lowest BCUT2D eigenvalue weighted by Gasteiger charge is -2.34. The molecule has 0 aromatic heterocycles. The summed E-state index contributed by atoms with van der Waals surface area (Å²) in [5, 5.41) is 8.29. The second-order valence-electron chi connectivity index (χ2n) is 6.15. The quantitative estimate of drug-likeness (QED) is 0.774. The summed E-state index contributed by atoms with van der Waals surface area (Å²) in [5.41, 5.74) is 6.96. The maximum atomic E-state index is 12.7. The maximum Gasteiger partial charge on any atom is 0.269 e. The highest BCUT2D eigenvalue weighted by Gasteiger charge is 2.38. The molecular weight excluding hydrogens is 278 g/mol. The Morgan fingerprint density at radius 2 is 1.91 bits per heavy atom. The SMILES string of the molecule is CC(C)C1=C(c2ccc(N(C)C)cc2)NC2NCNN2C1=O. The Labute approximate surface area is 131 Å². The number of amides is 1. The highest BCUT2D eigenvalue weighted by molar-refractivity contribution is 6.02. The molecule has 2 heterocycles. The van der Waals surface area contributed by atoms with Crippen LogP contribution in [0, 0.1) is 5.92 Å². The lowest BCUT2D eigenvalue weighted by Crippen LogP contribution is -2.56. The van der Waals surface area contributed by atoms with Crippen LogP contribution in [-0.2, 0) is 4.79 Å². The summed E-state index contributed by atoms with van der Waals surface area (Å²) in [5.74, 6) is 0.183. The minimum atomic E-state index is -0.196. The van der Waals surface area contributed by atoms with Gasteiger partial charge in [-0.2, -0.15) is 0 Å². The van der Waals surface area contributed by atoms with E-state index in [1.54, 1.807) is 5.01 Å². The minimum absolute atomic E-state index is 0.0374. The zero-order chi connectivity index (χ0) is 15.9. The van der Waals surface area contributed by atoms with Crippen LogP contribution in [0.4, 0.5) is 5.69 Å². The van der Waals surface area contributed by atoms with Gasteiger partial charge in [0.05, 0.1) is 12.4 Å². The third-order valence-corrected chi connectivity index (χ3v) is 4.05. The highest BCUT2D eigenvalue weighted by atomic mass is 16.2. The van der Waals surface area contributed by atoms with Gasteiger partial charge in [-0.15, -0.1) is 0 Å². The molecule has 1 amide bonds. The summed E-state index contributed by atoms with van der Waals surface area (Å²) in [4.78, 5) is 14.8. The fraction of sp³-hybridized carbons (Fsp3) is 0.438. The van der Waals surface area contributed by atoms with E-state index in [2.05, 4.69) is 45.2 Å². The number of hydrogen-bond donors (Lipinski definition) is 3. The molecule has 0 spiro atoms. The average Bonchev–Trinajstić information content (AvgIpc) is 2.95. The third kappa shape index (κ3) is 2.44. The van der Waals surface area contributed by atoms with Crippen molar-refractivity contribution in [2.45, 2.75) is 20.1 Å². The van der Waals surface area contributed by atoms with Gasteiger partial charge in [-0.05, 0) is 23.6 Å². The second kappa shape index (κ2) is 5.62. The van der Waals surface area contributed by atoms with E-state index in [1.807, 2.05) is 27.9 Å². The number of hydrogen-bond acceptors (Lipinski definition) is 5. The van der Waals surface area contributed by atoms with Crippen molar-refractivity contribution in [3.05, 3.63) is 35.4 Å². The lowest BCUT2D eigenvalue weighted by molar-refractivity contribution is -0.132. The van der Waals surface area contributed by atoms with Crippen molar-refractivity contribution >= 4 is 17.3 Å². The van der Waals surface area contributed by atoms with Gasteiger partial charge < -0.3 is 10.2 Å². The van der Waals surface area contributed by atoms with Gasteiger partial charge in [0, 0.05) is 25.4 Å². The molecule has 0 radical (unpaired) electrons. The van der Waals surface area contributed by atoms with Crippen molar-refractivity contribution in [2.24, 2.45) is 5.92 Å². The first-order valence-electron chi connectivity index (χ1n) is 7.58. The van der Waals surface area contributed by atoms with Crippen LogP contribution in [0.1, 0.15) is 19.4 Å². The van der Waals surface area contributed by atoms with Gasteiger partial charge in [0.25, 0.3) is 5.91 Å². The summed E-state index contributed by atoms with van der Waals surface area (Å²) >= 11 is 0. The van der Waals surface area contributed by atoms with Crippen molar-refractivity contribution in [3.63, 3.8) is 0 Å². The number of carbonyl (C=O) groups is 1. The summed E-state index contributed by atoms with van der Waals surface area (Å²) in [6.45, 7) is 4.68. The summed E-state index contributed by atoms with van der Waals surface area (Å²) < 4.78 is 0. The van der Waals surface area contributed by atoms with E-state index in [4.69, 9.17) is 0 Å². The normalized spacial score (nSPS) is 21.2. The molecule has 1 saturated heterocycles. The predicted molar refractivity (Wildman–Crippen MR) is 87.4 cm³/mol. The Bertz CT molecular complexity index is 605. The number of benzene rings is 1. The van der Waals surface area contributed by atoms with Crippen LogP contribution in [0.25, 0.3) is 5.70 Å². The van der Waals surface area contributed by atoms with Crippen molar-refractivity contribution in [1.29, 1.82) is 0 Å². The van der Waals surface area contributed by atoms with Gasteiger partial charge in [0.2, 0.25) is 0 Å². The van der Waals surface area contributed by atoms with Crippen LogP contribution in [0.5, 0.6) is 0 Å². The smallest absolute Gasteiger partial charge is 0.269 e. The van der Waals surface area contributed by atoms with Gasteiger partial charge in [-0.1, -0.05) is 26.0 Å². The van der Waals surface area contributed by atoms with Crippen LogP contribution < -0.4 is 21.0 Å². The van der Waals surface area contributed by atoms with E-state index in [1.165, 1.54) is 0 Å². The van der Waals surface area contributed by atoms with Gasteiger partial charge >= 0.3 is 0 Å². The molecule has 118 valence electrons. The van der Waals surface area contributed by atoms with Crippen LogP contribution in [-0.4, -0.2) is 38.0 Å². The Morgan fingerprint density at radius 3 is 2.50 bits per heavy atom. The molecule has 2 aliphatic rings. The van der Waals surface area contributed by atoms with Crippen LogP contribution in [0.2, 0.25) is 0 Å². The molecule has 1 atom stereocenters. The Morgan fingerprint density at radius 1 is 1.23 bits per heavy atom. The molecule has 0 aliphatic carbocycles. The molecule has 6 nitrogen and oxygen atoms in total. The van der Waals surface area contributed by atoms with Gasteiger partial charge in [-0.25, -0.2) is 10.4 Å². The average molecular weight is 301 g/mol. The standard InChI is InChI=1S/C16H23N5O/c1-10(2)13-14(11-5-7-12(8-6-11)20(3)4)19-16-17-9-18-21(16)15(13)22/h5-8,10,16-19H,9H2,1-4H3. The molecule has 3 N–H and O–H groups in total. The summed E-state index contributed by atoms with van der Waals surface area (Å²) in [6.07, 6.45) is -0.196. The molecule has 22 heavy (non-hydrogen) atoms. The zero-order valence-corrected chi connectivity index (χ0v) is 13.5. The highest BCUT2D eigenvalue weighted by Crippen LogP contribution is 2.29. The molecule has 3 rings (SSSR count). The predicted octanol–water partition coefficient (Wildman–Crippen LogP) is 0.900. The van der Waals surface area contributed by atoms with Crippen molar-refractivity contribution in [3.8, 4) is 0 Å². The van der Waals surface area contributed by atoms with E-state index in [-0.39, 0.29) is 18.1 Å². The van der Waals surface area contributed by atoms with Crippen molar-refractivity contribution < 1.29 is 4.79 Å². The first kappa shape index (κ1) is 14.9. The third-order valence-electron chi connectivity index (χ3n) is 4.05. The molecule has 1 aromatic carbocycles. The topological polar surface area (TPSA) is 59.6 Å². The molecular formula is C16H23N5O. The molecule has 2 aliphatic heterocycles. The molecule has 1 unspecified atom stereocenters. The molecule has 1 fully saturated rings. The fourth-order valence-electron chi connectivity index (χ4n) is 2.87. The Hall–Kier alpha value is -2.05. The number of nitrogens with one attached hydrogen (secondary N) is 3. The second-order valence-corrected chi connectivity index (χ2v) is 6.15. The van der Waals surface area contributed by atoms with E-state index in [0.29, 0.717) is 6.67 Å². The number of carbonyl (C=O) groups excluding carboxylic acids is 1. The van der Waals surface area contributed by atoms with Crippen LogP contribution in [0.15, 0.2) is 29.8 Å². The van der Waals surface area contributed by atoms with Crippen molar-refractivity contribution in [1.82, 2.24) is 21.1 Å². The molecule has 0 saturated carbocycles. The molecule has 1 aromatic rings. The number of hydrazine groups is 1. The zero-order valence-electron chi connectivity index (χ0n) is 13.5. The largest absolute Gasteiger partial charge is 0.378 e. The maximum absolute atomic E-state index is 12.7. The van der Waals surface area contributed by atoms with Crippen molar-refractivity contribution in [2.75, 3.05) is 25.7 Å². The van der Waals surface area contributed by atoms with E-state index in [0.717, 1.165) is 22.5 Å². The van der Waals surface area contributed by atoms with E-state index in [9.17, 15) is 4.79 Å². The molecule has 0 bridgehead atoms. The van der Waals surface area contributed by atoms with Gasteiger partial charge in [0.15, 0.2) is 6.29 Å². The number of nitrogens with zero attached hydrogens (tertiary/aromatic N) is 2. The lowest BCUT2D eigenvalue weighted by atomic mass is 9.94.